The average molecular weight is 301 g/mol. The van der Waals surface area contributed by atoms with E-state index < -0.39 is 0 Å². The predicted octanol–water partition coefficient (Wildman–Crippen LogP) is 2.66. The Morgan fingerprint density at radius 2 is 2.24 bits per heavy atom. The lowest BCUT2D eigenvalue weighted by atomic mass is 10.2. The smallest absolute Gasteiger partial charge is 0.256 e. The van der Waals surface area contributed by atoms with Gasteiger partial charge in [0.2, 0.25) is 0 Å². The number of amides is 1. The molecule has 1 aromatic carbocycles. The Bertz CT molecular complexity index is 710. The number of aliphatic hydroxyl groups excluding tert-OH is 1. The van der Waals surface area contributed by atoms with Crippen LogP contribution in [0.1, 0.15) is 20.8 Å². The van der Waals surface area contributed by atoms with Gasteiger partial charge in [-0.05, 0) is 36.8 Å². The van der Waals surface area contributed by atoms with Crippen LogP contribution in [-0.4, -0.2) is 24.7 Å². The van der Waals surface area contributed by atoms with Crippen molar-refractivity contribution in [3.8, 4) is 17.6 Å². The maximum Gasteiger partial charge on any atom is 0.256 e. The Balaban J connectivity index is 2.10. The van der Waals surface area contributed by atoms with Gasteiger partial charge in [0.1, 0.15) is 12.4 Å². The van der Waals surface area contributed by atoms with E-state index in [1.807, 2.05) is 19.1 Å². The van der Waals surface area contributed by atoms with E-state index in [9.17, 15) is 4.79 Å². The zero-order valence-electron chi connectivity index (χ0n) is 11.8. The minimum Gasteiger partial charge on any atom is -0.496 e. The van der Waals surface area contributed by atoms with E-state index >= 15 is 0 Å². The van der Waals surface area contributed by atoms with Gasteiger partial charge in [-0.25, -0.2) is 0 Å². The van der Waals surface area contributed by atoms with Crippen LogP contribution < -0.4 is 10.1 Å². The standard InChI is InChI=1S/C16H15NO3S/c1-11-8-13(5-6-15(11)20-2)17-16(19)12-9-14(21-10-12)4-3-7-18/h5-6,8-10,18H,7H2,1-2H3,(H,17,19). The van der Waals surface area contributed by atoms with Crippen molar-refractivity contribution in [3.63, 3.8) is 0 Å². The van der Waals surface area contributed by atoms with E-state index in [1.54, 1.807) is 24.6 Å². The number of hydrogen-bond acceptors (Lipinski definition) is 4. The van der Waals surface area contributed by atoms with Gasteiger partial charge < -0.3 is 15.2 Å². The number of hydrogen-bond donors (Lipinski definition) is 2. The molecule has 0 atom stereocenters. The number of thiophene rings is 1. The molecule has 0 saturated carbocycles. The Labute approximate surface area is 127 Å². The zero-order valence-corrected chi connectivity index (χ0v) is 12.6. The molecule has 0 saturated heterocycles. The summed E-state index contributed by atoms with van der Waals surface area (Å²) in [6, 6.07) is 7.17. The number of nitrogens with one attached hydrogen (secondary N) is 1. The predicted molar refractivity (Wildman–Crippen MR) is 84.0 cm³/mol. The van der Waals surface area contributed by atoms with Crippen LogP contribution in [0.3, 0.4) is 0 Å². The number of aryl methyl sites for hydroxylation is 1. The average Bonchev–Trinajstić information content (AvgIpc) is 2.94. The second kappa shape index (κ2) is 6.93. The molecule has 1 aromatic heterocycles. The van der Waals surface area contributed by atoms with Crippen molar-refractivity contribution in [1.29, 1.82) is 0 Å². The Morgan fingerprint density at radius 3 is 2.90 bits per heavy atom. The minimum atomic E-state index is -0.190. The number of rotatable bonds is 3. The quantitative estimate of drug-likeness (QED) is 0.857. The molecule has 2 N–H and O–H groups in total. The Hall–Kier alpha value is -2.29. The van der Waals surface area contributed by atoms with Gasteiger partial charge in [-0.15, -0.1) is 11.3 Å². The fraction of sp³-hybridized carbons (Fsp3) is 0.188. The molecule has 0 aliphatic carbocycles. The fourth-order valence-electron chi connectivity index (χ4n) is 1.81. The summed E-state index contributed by atoms with van der Waals surface area (Å²) >= 11 is 1.37. The van der Waals surface area contributed by atoms with E-state index in [4.69, 9.17) is 9.84 Å². The van der Waals surface area contributed by atoms with Gasteiger partial charge in [-0.3, -0.25) is 4.79 Å². The number of benzene rings is 1. The third kappa shape index (κ3) is 3.85. The number of anilines is 1. The Kier molecular flexibility index (Phi) is 4.99. The summed E-state index contributed by atoms with van der Waals surface area (Å²) in [6.45, 7) is 1.73. The molecule has 5 heteroatoms. The maximum atomic E-state index is 12.1. The first-order valence-corrected chi connectivity index (χ1v) is 7.16. The molecule has 21 heavy (non-hydrogen) atoms. The van der Waals surface area contributed by atoms with Gasteiger partial charge in [0.05, 0.1) is 17.6 Å². The molecule has 0 aliphatic rings. The van der Waals surface area contributed by atoms with Crippen molar-refractivity contribution in [2.75, 3.05) is 19.0 Å². The first-order chi connectivity index (χ1) is 10.1. The van der Waals surface area contributed by atoms with Crippen LogP contribution in [0.15, 0.2) is 29.6 Å². The van der Waals surface area contributed by atoms with Crippen molar-refractivity contribution in [1.82, 2.24) is 0 Å². The number of carbonyl (C=O) groups is 1. The van der Waals surface area contributed by atoms with Gasteiger partial charge >= 0.3 is 0 Å². The molecule has 108 valence electrons. The molecule has 2 aromatic rings. The van der Waals surface area contributed by atoms with Crippen molar-refractivity contribution in [2.24, 2.45) is 0 Å². The van der Waals surface area contributed by atoms with Crippen LogP contribution in [0.4, 0.5) is 5.69 Å². The molecular weight excluding hydrogens is 286 g/mol. The first kappa shape index (κ1) is 15.1. The number of ether oxygens (including phenoxy) is 1. The fourth-order valence-corrected chi connectivity index (χ4v) is 2.56. The van der Waals surface area contributed by atoms with Crippen molar-refractivity contribution in [2.45, 2.75) is 6.92 Å². The molecule has 2 rings (SSSR count). The molecule has 1 heterocycles. The van der Waals surface area contributed by atoms with Crippen molar-refractivity contribution in [3.05, 3.63) is 45.6 Å². The van der Waals surface area contributed by atoms with E-state index in [1.165, 1.54) is 11.3 Å². The molecule has 4 nitrogen and oxygen atoms in total. The van der Waals surface area contributed by atoms with Gasteiger partial charge in [0.25, 0.3) is 5.91 Å². The maximum absolute atomic E-state index is 12.1. The lowest BCUT2D eigenvalue weighted by Gasteiger charge is -2.08. The van der Waals surface area contributed by atoms with Gasteiger partial charge in [-0.1, -0.05) is 11.8 Å². The second-order valence-electron chi connectivity index (χ2n) is 4.30. The van der Waals surface area contributed by atoms with Crippen LogP contribution in [0, 0.1) is 18.8 Å². The largest absolute Gasteiger partial charge is 0.496 e. The molecule has 0 fully saturated rings. The summed E-state index contributed by atoms with van der Waals surface area (Å²) in [5.41, 5.74) is 2.22. The third-order valence-corrected chi connectivity index (χ3v) is 3.65. The summed E-state index contributed by atoms with van der Waals surface area (Å²) in [4.78, 5) is 12.9. The van der Waals surface area contributed by atoms with E-state index in [-0.39, 0.29) is 12.5 Å². The summed E-state index contributed by atoms with van der Waals surface area (Å²) in [7, 11) is 1.61. The highest BCUT2D eigenvalue weighted by Gasteiger charge is 2.09. The summed E-state index contributed by atoms with van der Waals surface area (Å²) in [5.74, 6) is 5.93. The first-order valence-electron chi connectivity index (χ1n) is 6.28. The molecule has 0 aliphatic heterocycles. The van der Waals surface area contributed by atoms with Crippen molar-refractivity contribution < 1.29 is 14.6 Å². The number of aliphatic hydroxyl groups is 1. The lowest BCUT2D eigenvalue weighted by molar-refractivity contribution is 0.102. The normalized spacial score (nSPS) is 9.67. The lowest BCUT2D eigenvalue weighted by Crippen LogP contribution is -2.10. The molecule has 0 bridgehead atoms. The Morgan fingerprint density at radius 1 is 1.43 bits per heavy atom. The van der Waals surface area contributed by atoms with Crippen molar-refractivity contribution >= 4 is 22.9 Å². The molecule has 0 spiro atoms. The van der Waals surface area contributed by atoms with Crippen LogP contribution in [-0.2, 0) is 0 Å². The van der Waals surface area contributed by atoms with Gasteiger partial charge in [-0.2, -0.15) is 0 Å². The zero-order chi connectivity index (χ0) is 15.2. The van der Waals surface area contributed by atoms with E-state index in [0.29, 0.717) is 11.3 Å². The molecule has 1 amide bonds. The molecule has 0 radical (unpaired) electrons. The molecule has 0 unspecified atom stereocenters. The monoisotopic (exact) mass is 301 g/mol. The van der Waals surface area contributed by atoms with Crippen LogP contribution in [0.2, 0.25) is 0 Å². The van der Waals surface area contributed by atoms with Gasteiger partial charge in [0, 0.05) is 11.1 Å². The number of carbonyl (C=O) groups excluding carboxylic acids is 1. The SMILES string of the molecule is COc1ccc(NC(=O)c2csc(C#CCO)c2)cc1C. The highest BCUT2D eigenvalue weighted by atomic mass is 32.1. The summed E-state index contributed by atoms with van der Waals surface area (Å²) in [6.07, 6.45) is 0. The van der Waals surface area contributed by atoms with Crippen LogP contribution >= 0.6 is 11.3 Å². The third-order valence-electron chi connectivity index (χ3n) is 2.81. The van der Waals surface area contributed by atoms with Gasteiger partial charge in [0.15, 0.2) is 0 Å². The summed E-state index contributed by atoms with van der Waals surface area (Å²) < 4.78 is 5.18. The van der Waals surface area contributed by atoms with E-state index in [0.717, 1.165) is 16.2 Å². The topological polar surface area (TPSA) is 58.6 Å². The minimum absolute atomic E-state index is 0.187. The van der Waals surface area contributed by atoms with Crippen LogP contribution in [0.5, 0.6) is 5.75 Å². The second-order valence-corrected chi connectivity index (χ2v) is 5.21. The highest BCUT2D eigenvalue weighted by molar-refractivity contribution is 7.10. The highest BCUT2D eigenvalue weighted by Crippen LogP contribution is 2.22. The summed E-state index contributed by atoms with van der Waals surface area (Å²) in [5, 5.41) is 13.2. The van der Waals surface area contributed by atoms with Crippen LogP contribution in [0.25, 0.3) is 0 Å². The van der Waals surface area contributed by atoms with E-state index in [2.05, 4.69) is 17.2 Å². The number of methoxy groups -OCH3 is 1. The molecular formula is C16H15NO3S.